The molecule has 0 radical (unpaired) electrons. The second-order valence-electron chi connectivity index (χ2n) is 4.91. The number of nitrogens with two attached hydrogens (primary N) is 1. The van der Waals surface area contributed by atoms with Crippen LogP contribution in [-0.4, -0.2) is 44.9 Å². The average molecular weight is 271 g/mol. The normalized spacial score (nSPS) is 18.4. The summed E-state index contributed by atoms with van der Waals surface area (Å²) in [6.07, 6.45) is 3.64. The molecule has 6 nitrogen and oxygen atoms in total. The molecule has 0 bridgehead atoms. The lowest BCUT2D eigenvalue weighted by molar-refractivity contribution is 0.0735. The fraction of sp³-hybridized carbons (Fsp3) is 0.357. The zero-order valence-corrected chi connectivity index (χ0v) is 11.1. The number of carbonyl (C=O) groups is 1. The molecule has 1 saturated heterocycles. The van der Waals surface area contributed by atoms with Gasteiger partial charge in [-0.25, -0.2) is 4.68 Å². The van der Waals surface area contributed by atoms with Crippen LogP contribution in [0.2, 0.25) is 0 Å². The van der Waals surface area contributed by atoms with Crippen molar-refractivity contribution in [3.05, 3.63) is 42.2 Å². The van der Waals surface area contributed by atoms with Gasteiger partial charge in [0.05, 0.1) is 11.9 Å². The summed E-state index contributed by atoms with van der Waals surface area (Å²) < 4.78 is 1.61. The Bertz CT molecular complexity index is 595. The Morgan fingerprint density at radius 3 is 2.90 bits per heavy atom. The first-order valence-electron chi connectivity index (χ1n) is 6.78. The van der Waals surface area contributed by atoms with Crippen LogP contribution >= 0.6 is 0 Å². The summed E-state index contributed by atoms with van der Waals surface area (Å²) in [5, 5.41) is 8.00. The van der Waals surface area contributed by atoms with Crippen molar-refractivity contribution in [1.82, 2.24) is 19.9 Å². The van der Waals surface area contributed by atoms with E-state index in [2.05, 4.69) is 10.3 Å². The first-order chi connectivity index (χ1) is 9.79. The Kier molecular flexibility index (Phi) is 3.47. The number of hydrogen-bond acceptors (Lipinski definition) is 4. The Hall–Kier alpha value is -2.21. The molecule has 1 aromatic carbocycles. The van der Waals surface area contributed by atoms with Crippen LogP contribution < -0.4 is 5.73 Å². The van der Waals surface area contributed by atoms with Crippen LogP contribution in [-0.2, 0) is 0 Å². The predicted octanol–water partition coefficient (Wildman–Crippen LogP) is 0.831. The molecule has 1 unspecified atom stereocenters. The van der Waals surface area contributed by atoms with Gasteiger partial charge in [0, 0.05) is 19.1 Å². The molecule has 1 fully saturated rings. The maximum atomic E-state index is 12.4. The summed E-state index contributed by atoms with van der Waals surface area (Å²) in [6, 6.07) is 9.74. The van der Waals surface area contributed by atoms with E-state index in [-0.39, 0.29) is 11.9 Å². The molecular formula is C14H17N5O. The average Bonchev–Trinajstić information content (AvgIpc) is 3.16. The van der Waals surface area contributed by atoms with Crippen LogP contribution in [0, 0.1) is 0 Å². The van der Waals surface area contributed by atoms with Crippen LogP contribution in [0.5, 0.6) is 0 Å². The molecule has 104 valence electrons. The van der Waals surface area contributed by atoms with Gasteiger partial charge >= 0.3 is 0 Å². The number of amides is 1. The Labute approximate surface area is 117 Å². The fourth-order valence-electron chi connectivity index (χ4n) is 2.56. The second-order valence-corrected chi connectivity index (χ2v) is 4.91. The Morgan fingerprint density at radius 1 is 1.35 bits per heavy atom. The van der Waals surface area contributed by atoms with Gasteiger partial charge < -0.3 is 10.6 Å². The summed E-state index contributed by atoms with van der Waals surface area (Å²) >= 11 is 0. The number of rotatable bonds is 3. The molecule has 2 N–H and O–H groups in total. The van der Waals surface area contributed by atoms with E-state index in [4.69, 9.17) is 5.73 Å². The summed E-state index contributed by atoms with van der Waals surface area (Å²) in [6.45, 7) is 1.25. The maximum Gasteiger partial charge on any atom is 0.276 e. The largest absolute Gasteiger partial charge is 0.333 e. The van der Waals surface area contributed by atoms with Crippen LogP contribution in [0.15, 0.2) is 36.5 Å². The number of carbonyl (C=O) groups excluding carboxylic acids is 1. The van der Waals surface area contributed by atoms with Gasteiger partial charge in [-0.15, -0.1) is 5.10 Å². The third kappa shape index (κ3) is 2.30. The van der Waals surface area contributed by atoms with E-state index >= 15 is 0 Å². The van der Waals surface area contributed by atoms with Crippen molar-refractivity contribution in [1.29, 1.82) is 0 Å². The number of benzene rings is 1. The van der Waals surface area contributed by atoms with Crippen molar-refractivity contribution in [2.24, 2.45) is 5.73 Å². The molecule has 1 amide bonds. The zero-order valence-electron chi connectivity index (χ0n) is 11.1. The first kappa shape index (κ1) is 12.8. The van der Waals surface area contributed by atoms with E-state index in [9.17, 15) is 4.79 Å². The van der Waals surface area contributed by atoms with Crippen LogP contribution in [0.4, 0.5) is 0 Å². The van der Waals surface area contributed by atoms with E-state index in [0.717, 1.165) is 25.1 Å². The molecule has 1 aliphatic heterocycles. The highest BCUT2D eigenvalue weighted by Gasteiger charge is 2.29. The van der Waals surface area contributed by atoms with Gasteiger partial charge in [-0.2, -0.15) is 0 Å². The van der Waals surface area contributed by atoms with Crippen LogP contribution in [0.25, 0.3) is 5.69 Å². The summed E-state index contributed by atoms with van der Waals surface area (Å²) in [5.41, 5.74) is 6.96. The zero-order chi connectivity index (χ0) is 13.9. The minimum atomic E-state index is -0.0832. The van der Waals surface area contributed by atoms with Crippen molar-refractivity contribution >= 4 is 5.91 Å². The lowest BCUT2D eigenvalue weighted by Crippen LogP contribution is -2.40. The monoisotopic (exact) mass is 271 g/mol. The summed E-state index contributed by atoms with van der Waals surface area (Å²) in [7, 11) is 0. The molecule has 0 spiro atoms. The molecule has 2 heterocycles. The van der Waals surface area contributed by atoms with Gasteiger partial charge in [0.1, 0.15) is 0 Å². The molecule has 2 aromatic rings. The van der Waals surface area contributed by atoms with E-state index in [1.54, 1.807) is 15.8 Å². The van der Waals surface area contributed by atoms with Gasteiger partial charge in [0.25, 0.3) is 5.91 Å². The van der Waals surface area contributed by atoms with Gasteiger partial charge in [0.15, 0.2) is 5.69 Å². The van der Waals surface area contributed by atoms with Gasteiger partial charge in [-0.3, -0.25) is 4.79 Å². The van der Waals surface area contributed by atoms with Crippen molar-refractivity contribution in [2.75, 3.05) is 13.1 Å². The highest BCUT2D eigenvalue weighted by molar-refractivity contribution is 5.92. The minimum absolute atomic E-state index is 0.0832. The van der Waals surface area contributed by atoms with Crippen molar-refractivity contribution in [3.63, 3.8) is 0 Å². The van der Waals surface area contributed by atoms with Gasteiger partial charge in [-0.1, -0.05) is 23.4 Å². The number of aromatic nitrogens is 3. The van der Waals surface area contributed by atoms with Gasteiger partial charge in [0.2, 0.25) is 0 Å². The molecule has 6 heteroatoms. The molecule has 0 aliphatic carbocycles. The number of para-hydroxylation sites is 1. The van der Waals surface area contributed by atoms with E-state index < -0.39 is 0 Å². The van der Waals surface area contributed by atoms with Gasteiger partial charge in [-0.05, 0) is 25.0 Å². The van der Waals surface area contributed by atoms with Crippen LogP contribution in [0.1, 0.15) is 23.3 Å². The fourth-order valence-corrected chi connectivity index (χ4v) is 2.56. The standard InChI is InChI=1S/C14H17N5O/c15-9-12-7-4-8-18(12)14(20)13-10-19(17-16-13)11-5-2-1-3-6-11/h1-3,5-6,10,12H,4,7-9,15H2. The molecule has 1 aliphatic rings. The maximum absolute atomic E-state index is 12.4. The molecular weight excluding hydrogens is 254 g/mol. The van der Waals surface area contributed by atoms with E-state index in [1.807, 2.05) is 30.3 Å². The predicted molar refractivity (Wildman–Crippen MR) is 74.5 cm³/mol. The SMILES string of the molecule is NCC1CCCN1C(=O)c1cn(-c2ccccc2)nn1. The van der Waals surface area contributed by atoms with Crippen molar-refractivity contribution in [3.8, 4) is 5.69 Å². The van der Waals surface area contributed by atoms with Crippen molar-refractivity contribution < 1.29 is 4.79 Å². The highest BCUT2D eigenvalue weighted by Crippen LogP contribution is 2.18. The molecule has 0 saturated carbocycles. The third-order valence-corrected chi connectivity index (χ3v) is 3.64. The minimum Gasteiger partial charge on any atom is -0.333 e. The molecule has 3 rings (SSSR count). The van der Waals surface area contributed by atoms with Crippen LogP contribution in [0.3, 0.4) is 0 Å². The Morgan fingerprint density at radius 2 is 2.15 bits per heavy atom. The number of hydrogen-bond donors (Lipinski definition) is 1. The molecule has 1 aromatic heterocycles. The highest BCUT2D eigenvalue weighted by atomic mass is 16.2. The molecule has 20 heavy (non-hydrogen) atoms. The smallest absolute Gasteiger partial charge is 0.276 e. The quantitative estimate of drug-likeness (QED) is 0.897. The third-order valence-electron chi connectivity index (χ3n) is 3.64. The second kappa shape index (κ2) is 5.42. The first-order valence-corrected chi connectivity index (χ1v) is 6.78. The number of nitrogens with zero attached hydrogens (tertiary/aromatic N) is 4. The topological polar surface area (TPSA) is 77.0 Å². The summed E-state index contributed by atoms with van der Waals surface area (Å²) in [5.74, 6) is -0.0832. The van der Waals surface area contributed by atoms with Crippen molar-refractivity contribution in [2.45, 2.75) is 18.9 Å². The summed E-state index contributed by atoms with van der Waals surface area (Å²) in [4.78, 5) is 14.2. The van der Waals surface area contributed by atoms with E-state index in [0.29, 0.717) is 12.2 Å². The lowest BCUT2D eigenvalue weighted by Gasteiger charge is -2.22. The number of likely N-dealkylation sites (tertiary alicyclic amines) is 1. The Balaban J connectivity index is 1.82. The molecule has 1 atom stereocenters. The lowest BCUT2D eigenvalue weighted by atomic mass is 10.2. The van der Waals surface area contributed by atoms with E-state index in [1.165, 1.54) is 0 Å².